The molecule has 0 fully saturated rings. The predicted octanol–water partition coefficient (Wildman–Crippen LogP) is 4.16. The lowest BCUT2D eigenvalue weighted by Gasteiger charge is -2.14. The summed E-state index contributed by atoms with van der Waals surface area (Å²) in [5.41, 5.74) is 1.93. The number of aryl methyl sites for hydroxylation is 1. The van der Waals surface area contributed by atoms with Gasteiger partial charge in [0.05, 0.1) is 0 Å². The van der Waals surface area contributed by atoms with Crippen molar-refractivity contribution >= 4 is 27.5 Å². The zero-order valence-electron chi connectivity index (χ0n) is 11.4. The molecular formula is C16H16BrNO2. The predicted molar refractivity (Wildman–Crippen MR) is 84.0 cm³/mol. The second kappa shape index (κ2) is 6.57. The van der Waals surface area contributed by atoms with Crippen molar-refractivity contribution in [1.82, 2.24) is 0 Å². The van der Waals surface area contributed by atoms with E-state index in [1.165, 1.54) is 0 Å². The highest BCUT2D eigenvalue weighted by Crippen LogP contribution is 2.18. The fourth-order valence-electron chi connectivity index (χ4n) is 1.65. The minimum Gasteiger partial charge on any atom is -0.481 e. The van der Waals surface area contributed by atoms with Crippen LogP contribution in [0.25, 0.3) is 0 Å². The minimum absolute atomic E-state index is 0.170. The third-order valence-corrected chi connectivity index (χ3v) is 3.34. The van der Waals surface area contributed by atoms with Gasteiger partial charge in [-0.3, -0.25) is 4.79 Å². The van der Waals surface area contributed by atoms with Gasteiger partial charge < -0.3 is 10.1 Å². The van der Waals surface area contributed by atoms with Gasteiger partial charge in [0.2, 0.25) is 0 Å². The molecule has 3 nitrogen and oxygen atoms in total. The maximum atomic E-state index is 12.0. The summed E-state index contributed by atoms with van der Waals surface area (Å²) in [7, 11) is 0. The van der Waals surface area contributed by atoms with Gasteiger partial charge in [-0.15, -0.1) is 0 Å². The van der Waals surface area contributed by atoms with Crippen LogP contribution in [0.3, 0.4) is 0 Å². The monoisotopic (exact) mass is 333 g/mol. The Morgan fingerprint density at radius 1 is 1.10 bits per heavy atom. The van der Waals surface area contributed by atoms with Crippen molar-refractivity contribution in [3.8, 4) is 5.75 Å². The van der Waals surface area contributed by atoms with E-state index in [9.17, 15) is 4.79 Å². The summed E-state index contributed by atoms with van der Waals surface area (Å²) in [5.74, 6) is 0.497. The minimum atomic E-state index is -0.558. The second-order valence-corrected chi connectivity index (χ2v) is 5.48. The molecule has 0 radical (unpaired) electrons. The zero-order valence-corrected chi connectivity index (χ0v) is 13.0. The van der Waals surface area contributed by atoms with Gasteiger partial charge in [-0.25, -0.2) is 0 Å². The number of carbonyl (C=O) groups is 1. The van der Waals surface area contributed by atoms with Crippen molar-refractivity contribution < 1.29 is 9.53 Å². The molecule has 1 atom stereocenters. The van der Waals surface area contributed by atoms with Crippen molar-refractivity contribution in [2.24, 2.45) is 0 Å². The lowest BCUT2D eigenvalue weighted by molar-refractivity contribution is -0.122. The Labute approximate surface area is 127 Å². The number of hydrogen-bond donors (Lipinski definition) is 1. The first-order chi connectivity index (χ1) is 9.54. The molecule has 0 saturated carbocycles. The van der Waals surface area contributed by atoms with Crippen LogP contribution in [0.2, 0.25) is 0 Å². The molecular weight excluding hydrogens is 318 g/mol. The molecule has 0 aromatic heterocycles. The van der Waals surface area contributed by atoms with E-state index in [1.54, 1.807) is 6.92 Å². The van der Waals surface area contributed by atoms with Gasteiger partial charge in [-0.2, -0.15) is 0 Å². The summed E-state index contributed by atoms with van der Waals surface area (Å²) in [4.78, 5) is 12.0. The summed E-state index contributed by atoms with van der Waals surface area (Å²) >= 11 is 3.36. The Kier molecular flexibility index (Phi) is 4.79. The van der Waals surface area contributed by atoms with Gasteiger partial charge in [-0.05, 0) is 50.2 Å². The Bertz CT molecular complexity index is 578. The molecule has 0 unspecified atom stereocenters. The fourth-order valence-corrected chi connectivity index (χ4v) is 1.92. The number of ether oxygens (including phenoxy) is 1. The lowest BCUT2D eigenvalue weighted by atomic mass is 10.2. The first kappa shape index (κ1) is 14.6. The summed E-state index contributed by atoms with van der Waals surface area (Å²) in [6.07, 6.45) is -0.558. The normalized spacial score (nSPS) is 11.8. The summed E-state index contributed by atoms with van der Waals surface area (Å²) in [6.45, 7) is 3.73. The Balaban J connectivity index is 1.94. The molecule has 2 aromatic carbocycles. The van der Waals surface area contributed by atoms with Crippen molar-refractivity contribution in [3.63, 3.8) is 0 Å². The Morgan fingerprint density at radius 2 is 1.70 bits per heavy atom. The van der Waals surface area contributed by atoms with E-state index in [-0.39, 0.29) is 5.91 Å². The molecule has 0 aliphatic rings. The maximum Gasteiger partial charge on any atom is 0.265 e. The lowest BCUT2D eigenvalue weighted by Crippen LogP contribution is -2.30. The highest BCUT2D eigenvalue weighted by molar-refractivity contribution is 9.10. The molecule has 1 N–H and O–H groups in total. The van der Waals surface area contributed by atoms with Gasteiger partial charge in [-0.1, -0.05) is 33.6 Å². The van der Waals surface area contributed by atoms with Crippen LogP contribution >= 0.6 is 15.9 Å². The molecule has 0 spiro atoms. The summed E-state index contributed by atoms with van der Waals surface area (Å²) in [5, 5.41) is 2.83. The number of benzene rings is 2. The van der Waals surface area contributed by atoms with E-state index in [0.29, 0.717) is 5.75 Å². The van der Waals surface area contributed by atoms with Crippen LogP contribution in [-0.2, 0) is 4.79 Å². The van der Waals surface area contributed by atoms with Gasteiger partial charge in [0, 0.05) is 10.2 Å². The third kappa shape index (κ3) is 4.10. The molecule has 0 bridgehead atoms. The molecule has 0 saturated heterocycles. The van der Waals surface area contributed by atoms with E-state index in [4.69, 9.17) is 4.74 Å². The average molecular weight is 334 g/mol. The molecule has 2 rings (SSSR count). The molecule has 2 aromatic rings. The molecule has 104 valence electrons. The zero-order chi connectivity index (χ0) is 14.5. The van der Waals surface area contributed by atoms with Crippen LogP contribution in [0, 0.1) is 6.92 Å². The summed E-state index contributed by atoms with van der Waals surface area (Å²) in [6, 6.07) is 15.0. The molecule has 1 amide bonds. The summed E-state index contributed by atoms with van der Waals surface area (Å²) < 4.78 is 6.57. The first-order valence-corrected chi connectivity index (χ1v) is 7.13. The number of carbonyl (C=O) groups excluding carboxylic acids is 1. The van der Waals surface area contributed by atoms with Crippen molar-refractivity contribution in [3.05, 3.63) is 58.6 Å². The van der Waals surface area contributed by atoms with E-state index < -0.39 is 6.10 Å². The Morgan fingerprint density at radius 3 is 2.30 bits per heavy atom. The smallest absolute Gasteiger partial charge is 0.265 e. The highest BCUT2D eigenvalue weighted by atomic mass is 79.9. The molecule has 0 aliphatic heterocycles. The quantitative estimate of drug-likeness (QED) is 0.912. The Hall–Kier alpha value is -1.81. The van der Waals surface area contributed by atoms with Crippen molar-refractivity contribution in [2.45, 2.75) is 20.0 Å². The average Bonchev–Trinajstić information content (AvgIpc) is 2.44. The van der Waals surface area contributed by atoms with Crippen LogP contribution in [0.15, 0.2) is 53.0 Å². The molecule has 20 heavy (non-hydrogen) atoms. The van der Waals surface area contributed by atoms with Gasteiger partial charge in [0.25, 0.3) is 5.91 Å². The molecule has 0 aliphatic carbocycles. The highest BCUT2D eigenvalue weighted by Gasteiger charge is 2.14. The molecule has 4 heteroatoms. The van der Waals surface area contributed by atoms with Crippen molar-refractivity contribution in [2.75, 3.05) is 5.32 Å². The van der Waals surface area contributed by atoms with Crippen LogP contribution in [-0.4, -0.2) is 12.0 Å². The topological polar surface area (TPSA) is 38.3 Å². The van der Waals surface area contributed by atoms with E-state index in [1.807, 2.05) is 55.5 Å². The third-order valence-electron chi connectivity index (χ3n) is 2.81. The van der Waals surface area contributed by atoms with E-state index in [2.05, 4.69) is 21.2 Å². The van der Waals surface area contributed by atoms with Crippen LogP contribution in [0.5, 0.6) is 5.75 Å². The fraction of sp³-hybridized carbons (Fsp3) is 0.188. The first-order valence-electron chi connectivity index (χ1n) is 6.34. The van der Waals surface area contributed by atoms with Crippen molar-refractivity contribution in [1.29, 1.82) is 0 Å². The van der Waals surface area contributed by atoms with Crippen LogP contribution in [0.1, 0.15) is 12.5 Å². The van der Waals surface area contributed by atoms with E-state index in [0.717, 1.165) is 15.7 Å². The van der Waals surface area contributed by atoms with Crippen LogP contribution in [0.4, 0.5) is 5.69 Å². The van der Waals surface area contributed by atoms with E-state index >= 15 is 0 Å². The number of halogens is 1. The standard InChI is InChI=1S/C16H16BrNO2/c1-11-3-7-14(8-4-11)18-16(19)12(2)20-15-9-5-13(17)6-10-15/h3-10,12H,1-2H3,(H,18,19)/t12-/m0/s1. The largest absolute Gasteiger partial charge is 0.481 e. The number of nitrogens with one attached hydrogen (secondary N) is 1. The van der Waals surface area contributed by atoms with Gasteiger partial charge in [0.1, 0.15) is 5.75 Å². The number of rotatable bonds is 4. The SMILES string of the molecule is Cc1ccc(NC(=O)[C@H](C)Oc2ccc(Br)cc2)cc1. The number of amides is 1. The molecule has 0 heterocycles. The van der Waals surface area contributed by atoms with Gasteiger partial charge in [0.15, 0.2) is 6.10 Å². The number of hydrogen-bond acceptors (Lipinski definition) is 2. The number of anilines is 1. The maximum absolute atomic E-state index is 12.0. The van der Waals surface area contributed by atoms with Gasteiger partial charge >= 0.3 is 0 Å². The van der Waals surface area contributed by atoms with Crippen LogP contribution < -0.4 is 10.1 Å². The second-order valence-electron chi connectivity index (χ2n) is 4.57.